The van der Waals surface area contributed by atoms with Crippen molar-refractivity contribution in [2.75, 3.05) is 32.7 Å². The van der Waals surface area contributed by atoms with Gasteiger partial charge in [-0.2, -0.15) is 0 Å². The van der Waals surface area contributed by atoms with Crippen molar-refractivity contribution >= 4 is 5.91 Å². The van der Waals surface area contributed by atoms with Crippen LogP contribution >= 0.6 is 0 Å². The Kier molecular flexibility index (Phi) is 5.05. The minimum Gasteiger partial charge on any atom is -0.392 e. The van der Waals surface area contributed by atoms with E-state index in [2.05, 4.69) is 22.0 Å². The highest BCUT2D eigenvalue weighted by Gasteiger charge is 2.42. The van der Waals surface area contributed by atoms with Gasteiger partial charge in [-0.15, -0.1) is 0 Å². The number of carbonyl (C=O) groups is 1. The minimum atomic E-state index is -0.282. The summed E-state index contributed by atoms with van der Waals surface area (Å²) in [7, 11) is 0. The van der Waals surface area contributed by atoms with Crippen LogP contribution in [0.15, 0.2) is 0 Å². The first kappa shape index (κ1) is 16.2. The number of aliphatic hydroxyl groups is 1. The molecule has 126 valence electrons. The summed E-state index contributed by atoms with van der Waals surface area (Å²) in [4.78, 5) is 16.9. The number of piperazine rings is 1. The molecule has 3 rings (SSSR count). The second-order valence-corrected chi connectivity index (χ2v) is 7.70. The van der Waals surface area contributed by atoms with Crippen molar-refractivity contribution in [1.82, 2.24) is 15.1 Å². The summed E-state index contributed by atoms with van der Waals surface area (Å²) in [6, 6.07) is 0.861. The second kappa shape index (κ2) is 6.85. The first-order chi connectivity index (χ1) is 10.5. The Balaban J connectivity index is 1.42. The monoisotopic (exact) mass is 309 g/mol. The highest BCUT2D eigenvalue weighted by atomic mass is 16.3. The van der Waals surface area contributed by atoms with Gasteiger partial charge in [-0.1, -0.05) is 0 Å². The number of rotatable bonds is 7. The smallest absolute Gasteiger partial charge is 0.234 e. The van der Waals surface area contributed by atoms with Crippen LogP contribution in [0.4, 0.5) is 0 Å². The molecule has 5 heteroatoms. The molecule has 1 heterocycles. The van der Waals surface area contributed by atoms with E-state index in [0.717, 1.165) is 38.0 Å². The molecular weight excluding hydrogens is 278 g/mol. The van der Waals surface area contributed by atoms with Gasteiger partial charge in [-0.25, -0.2) is 0 Å². The molecule has 0 aromatic heterocycles. The van der Waals surface area contributed by atoms with E-state index in [1.807, 2.05) is 6.92 Å². The van der Waals surface area contributed by atoms with Crippen molar-refractivity contribution in [3.8, 4) is 0 Å². The Morgan fingerprint density at radius 3 is 2.36 bits per heavy atom. The molecule has 1 amide bonds. The van der Waals surface area contributed by atoms with Gasteiger partial charge in [0, 0.05) is 38.3 Å². The molecule has 0 radical (unpaired) electrons. The van der Waals surface area contributed by atoms with Gasteiger partial charge in [0.1, 0.15) is 0 Å². The molecule has 1 aliphatic heterocycles. The van der Waals surface area contributed by atoms with Gasteiger partial charge in [-0.3, -0.25) is 14.6 Å². The van der Waals surface area contributed by atoms with Crippen LogP contribution in [0.3, 0.4) is 0 Å². The topological polar surface area (TPSA) is 55.8 Å². The molecule has 3 fully saturated rings. The van der Waals surface area contributed by atoms with Crippen molar-refractivity contribution in [2.24, 2.45) is 11.8 Å². The second-order valence-electron chi connectivity index (χ2n) is 7.70. The van der Waals surface area contributed by atoms with Gasteiger partial charge in [0.2, 0.25) is 5.91 Å². The van der Waals surface area contributed by atoms with Crippen LogP contribution in [-0.2, 0) is 4.79 Å². The largest absolute Gasteiger partial charge is 0.392 e. The Labute approximate surface area is 134 Å². The van der Waals surface area contributed by atoms with Crippen molar-refractivity contribution in [3.63, 3.8) is 0 Å². The maximum absolute atomic E-state index is 12.3. The van der Waals surface area contributed by atoms with Crippen LogP contribution < -0.4 is 5.32 Å². The lowest BCUT2D eigenvalue weighted by atomic mass is 10.1. The molecule has 1 saturated heterocycles. The normalized spacial score (nSPS) is 28.8. The zero-order chi connectivity index (χ0) is 15.7. The van der Waals surface area contributed by atoms with Crippen LogP contribution in [0.25, 0.3) is 0 Å². The molecule has 2 N–H and O–H groups in total. The van der Waals surface area contributed by atoms with Crippen LogP contribution in [0.5, 0.6) is 0 Å². The van der Waals surface area contributed by atoms with Gasteiger partial charge >= 0.3 is 0 Å². The molecule has 22 heavy (non-hydrogen) atoms. The first-order valence-electron chi connectivity index (χ1n) is 8.96. The van der Waals surface area contributed by atoms with Crippen molar-refractivity contribution in [3.05, 3.63) is 0 Å². The van der Waals surface area contributed by atoms with Crippen LogP contribution in [-0.4, -0.2) is 71.7 Å². The van der Waals surface area contributed by atoms with Gasteiger partial charge in [0.05, 0.1) is 12.6 Å². The fourth-order valence-electron chi connectivity index (χ4n) is 3.79. The zero-order valence-electron chi connectivity index (χ0n) is 14.0. The molecule has 5 nitrogen and oxygen atoms in total. The first-order valence-corrected chi connectivity index (χ1v) is 8.96. The number of carbonyl (C=O) groups excluding carboxylic acids is 1. The predicted molar refractivity (Wildman–Crippen MR) is 86.5 cm³/mol. The average molecular weight is 309 g/mol. The van der Waals surface area contributed by atoms with E-state index in [1.165, 1.54) is 25.7 Å². The predicted octanol–water partition coefficient (Wildman–Crippen LogP) is 0.678. The highest BCUT2D eigenvalue weighted by molar-refractivity contribution is 5.78. The van der Waals surface area contributed by atoms with E-state index in [-0.39, 0.29) is 12.0 Å². The molecule has 0 spiro atoms. The fourth-order valence-corrected chi connectivity index (χ4v) is 3.79. The summed E-state index contributed by atoms with van der Waals surface area (Å²) in [5, 5.41) is 12.8. The van der Waals surface area contributed by atoms with Crippen LogP contribution in [0.1, 0.15) is 39.5 Å². The third-order valence-electron chi connectivity index (χ3n) is 5.30. The maximum Gasteiger partial charge on any atom is 0.234 e. The molecule has 2 saturated carbocycles. The molecule has 2 aliphatic carbocycles. The maximum atomic E-state index is 12.3. The summed E-state index contributed by atoms with van der Waals surface area (Å²) >= 11 is 0. The summed E-state index contributed by atoms with van der Waals surface area (Å²) < 4.78 is 0. The molecule has 0 bridgehead atoms. The van der Waals surface area contributed by atoms with Gasteiger partial charge in [0.25, 0.3) is 0 Å². The van der Waals surface area contributed by atoms with Gasteiger partial charge < -0.3 is 10.4 Å². The summed E-state index contributed by atoms with van der Waals surface area (Å²) in [5.41, 5.74) is 0. The average Bonchev–Trinajstić information content (AvgIpc) is 3.32. The molecule has 0 aromatic carbocycles. The molecule has 0 unspecified atom stereocenters. The molecule has 2 atom stereocenters. The van der Waals surface area contributed by atoms with Crippen LogP contribution in [0.2, 0.25) is 0 Å². The van der Waals surface area contributed by atoms with E-state index in [1.54, 1.807) is 0 Å². The number of amides is 1. The van der Waals surface area contributed by atoms with Crippen molar-refractivity contribution in [1.29, 1.82) is 0 Å². The third-order valence-corrected chi connectivity index (χ3v) is 5.30. The zero-order valence-corrected chi connectivity index (χ0v) is 14.0. The number of hydrogen-bond donors (Lipinski definition) is 2. The van der Waals surface area contributed by atoms with E-state index >= 15 is 0 Å². The Morgan fingerprint density at radius 2 is 1.86 bits per heavy atom. The Hall–Kier alpha value is -0.650. The van der Waals surface area contributed by atoms with E-state index in [0.29, 0.717) is 18.6 Å². The lowest BCUT2D eigenvalue weighted by Crippen LogP contribution is -2.55. The minimum absolute atomic E-state index is 0.208. The number of hydrogen-bond acceptors (Lipinski definition) is 4. The molecule has 0 aromatic rings. The lowest BCUT2D eigenvalue weighted by molar-refractivity contribution is -0.124. The number of aliphatic hydroxyl groups excluding tert-OH is 1. The summed E-state index contributed by atoms with van der Waals surface area (Å²) in [5.74, 6) is 1.73. The van der Waals surface area contributed by atoms with E-state index < -0.39 is 0 Å². The van der Waals surface area contributed by atoms with E-state index in [9.17, 15) is 9.90 Å². The highest BCUT2D eigenvalue weighted by Crippen LogP contribution is 2.44. The van der Waals surface area contributed by atoms with Crippen LogP contribution in [0, 0.1) is 11.8 Å². The number of β-amino-alcohol motifs (C(OH)–C–C–N with tert-alkyl or cyclic N) is 1. The Bertz CT molecular complexity index is 381. The lowest BCUT2D eigenvalue weighted by Gasteiger charge is -2.40. The number of nitrogens with zero attached hydrogens (tertiary/aromatic N) is 2. The molecular formula is C17H31N3O2. The quantitative estimate of drug-likeness (QED) is 0.726. The fraction of sp³-hybridized carbons (Fsp3) is 0.941. The number of nitrogens with one attached hydrogen (secondary N) is 1. The van der Waals surface area contributed by atoms with Gasteiger partial charge in [0.15, 0.2) is 0 Å². The Morgan fingerprint density at radius 1 is 1.23 bits per heavy atom. The van der Waals surface area contributed by atoms with E-state index in [4.69, 9.17) is 0 Å². The molecule has 3 aliphatic rings. The van der Waals surface area contributed by atoms with Gasteiger partial charge in [-0.05, 0) is 51.4 Å². The summed E-state index contributed by atoms with van der Waals surface area (Å²) in [6.45, 7) is 8.05. The summed E-state index contributed by atoms with van der Waals surface area (Å²) in [6.07, 6.45) is 4.93. The third kappa shape index (κ3) is 4.43. The van der Waals surface area contributed by atoms with Crippen molar-refractivity contribution < 1.29 is 9.90 Å². The SMILES string of the molecule is C[C@@H]1CN(CC(=O)NC(C2CC2)C2CC2)CCN1C[C@@H](C)O. The standard InChI is InChI=1S/C17H31N3O2/c1-12-9-19(7-8-20(12)10-13(2)21)11-16(22)18-17(14-3-4-14)15-5-6-15/h12-15,17,21H,3-11H2,1-2H3,(H,18,22)/t12-,13-/m1/s1. The van der Waals surface area contributed by atoms with Crippen molar-refractivity contribution in [2.45, 2.75) is 57.7 Å².